The van der Waals surface area contributed by atoms with Crippen LogP contribution in [0.2, 0.25) is 0 Å². The van der Waals surface area contributed by atoms with Crippen LogP contribution in [0, 0.1) is 0 Å². The Morgan fingerprint density at radius 1 is 0.680 bits per heavy atom. The molecular weight excluding hydrogens is 359 g/mol. The summed E-state index contributed by atoms with van der Waals surface area (Å²) >= 11 is -1.81. The maximum absolute atomic E-state index is 11.1. The predicted molar refractivity (Wildman–Crippen MR) is 83.1 cm³/mol. The Kier molecular flexibility index (Phi) is 7.04. The van der Waals surface area contributed by atoms with Gasteiger partial charge in [0.05, 0.1) is 11.0 Å². The van der Waals surface area contributed by atoms with Gasteiger partial charge in [-0.05, 0) is 22.9 Å². The quantitative estimate of drug-likeness (QED) is 0.461. The molecule has 0 N–H and O–H groups in total. The second-order valence-electron chi connectivity index (χ2n) is 4.74. The number of para-hydroxylation sites is 2. The van der Waals surface area contributed by atoms with Gasteiger partial charge >= 0.3 is 24.3 Å². The number of hydrogen-bond donors (Lipinski definition) is 0. The Bertz CT molecular complexity index is 891. The fourth-order valence-electron chi connectivity index (χ4n) is 2.15. The van der Waals surface area contributed by atoms with Crippen LogP contribution in [0.25, 0.3) is 21.8 Å². The van der Waals surface area contributed by atoms with Crippen molar-refractivity contribution in [3.63, 3.8) is 0 Å². The van der Waals surface area contributed by atoms with E-state index in [1.807, 2.05) is 36.4 Å². The van der Waals surface area contributed by atoms with Crippen molar-refractivity contribution in [1.82, 2.24) is 9.97 Å². The molecule has 126 valence electrons. The number of hydrogen-bond acceptors (Lipinski definition) is 6. The minimum absolute atomic E-state index is 0.0110. The van der Waals surface area contributed by atoms with Gasteiger partial charge in [-0.15, -0.1) is 0 Å². The van der Waals surface area contributed by atoms with Gasteiger partial charge in [0.1, 0.15) is 0 Å². The van der Waals surface area contributed by atoms with Crippen LogP contribution in [0.1, 0.15) is 0 Å². The van der Waals surface area contributed by atoms with E-state index in [4.69, 9.17) is 7.71 Å². The molecule has 0 saturated carbocycles. The summed E-state index contributed by atoms with van der Waals surface area (Å²) in [5, 5.41) is 24.0. The van der Waals surface area contributed by atoms with Crippen molar-refractivity contribution in [2.75, 3.05) is 0 Å². The van der Waals surface area contributed by atoms with Gasteiger partial charge in [0.25, 0.3) is 0 Å². The molecule has 0 aliphatic carbocycles. The van der Waals surface area contributed by atoms with Gasteiger partial charge < -0.3 is 10.2 Å². The van der Waals surface area contributed by atoms with Crippen LogP contribution in [-0.4, -0.2) is 9.97 Å². The zero-order valence-corrected chi connectivity index (χ0v) is 14.3. The summed E-state index contributed by atoms with van der Waals surface area (Å²) in [6.45, 7) is 0. The second kappa shape index (κ2) is 9.49. The molecule has 0 spiro atoms. The van der Waals surface area contributed by atoms with Gasteiger partial charge in [0, 0.05) is 12.4 Å². The summed E-state index contributed by atoms with van der Waals surface area (Å²) in [6, 6.07) is 17.7. The zero-order chi connectivity index (χ0) is 18.1. The Morgan fingerprint density at radius 2 is 1.04 bits per heavy atom. The molecule has 2 heterocycles. The number of pyridine rings is 2. The van der Waals surface area contributed by atoms with Crippen LogP contribution in [-0.2, 0) is 20.3 Å². The number of benzene rings is 2. The van der Waals surface area contributed by atoms with E-state index in [2.05, 4.69) is 9.97 Å². The Balaban J connectivity index is 0.000000156. The first-order valence-corrected chi connectivity index (χ1v) is 8.28. The van der Waals surface area contributed by atoms with Crippen LogP contribution < -0.4 is 14.2 Å². The molecule has 25 heavy (non-hydrogen) atoms. The Labute approximate surface area is 151 Å². The van der Waals surface area contributed by atoms with E-state index in [1.165, 1.54) is 12.1 Å². The van der Waals surface area contributed by atoms with E-state index in [-0.39, 0.29) is 11.5 Å². The third-order valence-corrected chi connectivity index (χ3v) is 3.19. The number of fused-ring (bicyclic) bond motifs is 2. The first kappa shape index (κ1) is 18.5. The van der Waals surface area contributed by atoms with Crippen molar-refractivity contribution in [2.45, 2.75) is 0 Å². The topological polar surface area (TPSA) is 112 Å². The molecule has 0 atom stereocenters. The average molecular weight is 371 g/mol. The molecule has 0 aliphatic heterocycles. The molecule has 0 amide bonds. The molecule has 7 heteroatoms. The van der Waals surface area contributed by atoms with Crippen molar-refractivity contribution in [3.8, 4) is 11.5 Å². The number of rotatable bonds is 0. The number of nitrogens with zero attached hydrogens (tertiary/aromatic N) is 2. The summed E-state index contributed by atoms with van der Waals surface area (Å²) in [4.78, 5) is 7.94. The van der Waals surface area contributed by atoms with Gasteiger partial charge in [-0.25, -0.2) is 0 Å². The maximum atomic E-state index is 11.1. The third kappa shape index (κ3) is 5.09. The van der Waals surface area contributed by atoms with E-state index < -0.39 is 16.6 Å². The van der Waals surface area contributed by atoms with E-state index in [0.717, 1.165) is 10.8 Å². The predicted octanol–water partition coefficient (Wildman–Crippen LogP) is 1.31. The second-order valence-corrected chi connectivity index (χ2v) is 4.97. The van der Waals surface area contributed by atoms with Crippen LogP contribution in [0.5, 0.6) is 11.5 Å². The van der Waals surface area contributed by atoms with Gasteiger partial charge in [0.2, 0.25) is 0 Å². The van der Waals surface area contributed by atoms with Crippen molar-refractivity contribution in [1.29, 1.82) is 0 Å². The Hall–Kier alpha value is -2.80. The SMILES string of the molecule is [O-]c1cccc2cccnc12.[O-]c1cccc2cccnc12.[O]=[V][O-]. The summed E-state index contributed by atoms with van der Waals surface area (Å²) in [7, 11) is 0. The number of aromatic nitrogens is 2. The summed E-state index contributed by atoms with van der Waals surface area (Å²) in [6.07, 6.45) is 3.26. The van der Waals surface area contributed by atoms with Gasteiger partial charge in [-0.3, -0.25) is 9.97 Å². The minimum atomic E-state index is -1.81. The Morgan fingerprint density at radius 3 is 1.40 bits per heavy atom. The first-order chi connectivity index (χ1) is 12.2. The molecule has 0 aliphatic rings. The summed E-state index contributed by atoms with van der Waals surface area (Å²) in [5.74, 6) is -0.0220. The fourth-order valence-corrected chi connectivity index (χ4v) is 2.15. The van der Waals surface area contributed by atoms with E-state index in [9.17, 15) is 10.2 Å². The molecule has 0 fully saturated rings. The monoisotopic (exact) mass is 371 g/mol. The van der Waals surface area contributed by atoms with E-state index in [1.54, 1.807) is 24.5 Å². The summed E-state index contributed by atoms with van der Waals surface area (Å²) < 4.78 is 16.9. The molecule has 0 saturated heterocycles. The third-order valence-electron chi connectivity index (χ3n) is 3.19. The van der Waals surface area contributed by atoms with Crippen LogP contribution in [0.15, 0.2) is 73.1 Å². The average Bonchev–Trinajstić information content (AvgIpc) is 2.64. The molecule has 4 rings (SSSR count). The molecule has 0 unspecified atom stereocenters. The molecule has 2 aromatic carbocycles. The van der Waals surface area contributed by atoms with Crippen molar-refractivity contribution in [3.05, 3.63) is 73.1 Å². The van der Waals surface area contributed by atoms with Crippen LogP contribution in [0.4, 0.5) is 0 Å². The van der Waals surface area contributed by atoms with Gasteiger partial charge in [-0.1, -0.05) is 60.0 Å². The van der Waals surface area contributed by atoms with E-state index in [0.29, 0.717) is 11.0 Å². The van der Waals surface area contributed by atoms with Crippen molar-refractivity contribution < 1.29 is 34.5 Å². The molecule has 4 aromatic rings. The van der Waals surface area contributed by atoms with E-state index >= 15 is 0 Å². The van der Waals surface area contributed by atoms with Gasteiger partial charge in [-0.2, -0.15) is 0 Å². The van der Waals surface area contributed by atoms with Crippen molar-refractivity contribution >= 4 is 21.8 Å². The normalized spacial score (nSPS) is 9.48. The molecular formula is C18H12N2O4V-3. The van der Waals surface area contributed by atoms with Crippen LogP contribution >= 0.6 is 0 Å². The molecule has 0 radical (unpaired) electrons. The van der Waals surface area contributed by atoms with Gasteiger partial charge in [0.15, 0.2) is 0 Å². The zero-order valence-electron chi connectivity index (χ0n) is 12.9. The first-order valence-electron chi connectivity index (χ1n) is 7.14. The van der Waals surface area contributed by atoms with Crippen molar-refractivity contribution in [2.24, 2.45) is 0 Å². The molecule has 2 aromatic heterocycles. The summed E-state index contributed by atoms with van der Waals surface area (Å²) in [5.41, 5.74) is 1.10. The molecule has 0 bridgehead atoms. The molecule has 6 nitrogen and oxygen atoms in total. The van der Waals surface area contributed by atoms with Crippen LogP contribution in [0.3, 0.4) is 0 Å². The fraction of sp³-hybridized carbons (Fsp3) is 0. The standard InChI is InChI=1S/2C9H7NO.2O.V/c2*11-8-5-1-3-7-4-2-6-10-9(7)8;;;/h2*1-6,11H;;;/q;;;-1;/p-2.